The van der Waals surface area contributed by atoms with E-state index in [4.69, 9.17) is 4.42 Å². The molecule has 0 radical (unpaired) electrons. The predicted molar refractivity (Wildman–Crippen MR) is 109 cm³/mol. The second-order valence-electron chi connectivity index (χ2n) is 7.42. The highest BCUT2D eigenvalue weighted by Gasteiger charge is 2.19. The van der Waals surface area contributed by atoms with E-state index < -0.39 is 0 Å². The van der Waals surface area contributed by atoms with E-state index in [1.54, 1.807) is 12.1 Å². The topological polar surface area (TPSA) is 36.7 Å². The first-order chi connectivity index (χ1) is 13.6. The van der Waals surface area contributed by atoms with Crippen molar-refractivity contribution < 1.29 is 8.81 Å². The molecule has 1 aromatic heterocycles. The van der Waals surface area contributed by atoms with Crippen LogP contribution in [0.2, 0.25) is 0 Å². The maximum Gasteiger partial charge on any atom is 0.336 e. The summed E-state index contributed by atoms with van der Waals surface area (Å²) in [5.74, 6) is -0.140. The van der Waals surface area contributed by atoms with Gasteiger partial charge in [-0.1, -0.05) is 31.2 Å². The van der Waals surface area contributed by atoms with Crippen LogP contribution in [0.15, 0.2) is 57.7 Å². The lowest BCUT2D eigenvalue weighted by molar-refractivity contribution is 0.121. The van der Waals surface area contributed by atoms with E-state index in [1.807, 2.05) is 24.3 Å². The van der Waals surface area contributed by atoms with Gasteiger partial charge in [0.2, 0.25) is 0 Å². The minimum Gasteiger partial charge on any atom is -0.423 e. The SMILES string of the molecule is CCc1ccc2oc(=O)cc(CN3CCN(Cc4ccccc4F)CC3)c2c1. The molecule has 4 rings (SSSR count). The van der Waals surface area contributed by atoms with Crippen LogP contribution >= 0.6 is 0 Å². The Labute approximate surface area is 164 Å². The van der Waals surface area contributed by atoms with Crippen molar-refractivity contribution in [1.29, 1.82) is 0 Å². The average Bonchev–Trinajstić information content (AvgIpc) is 2.71. The van der Waals surface area contributed by atoms with Crippen LogP contribution in [0.4, 0.5) is 4.39 Å². The Morgan fingerprint density at radius 2 is 1.61 bits per heavy atom. The van der Waals surface area contributed by atoms with Crippen molar-refractivity contribution in [2.24, 2.45) is 0 Å². The quantitative estimate of drug-likeness (QED) is 0.631. The summed E-state index contributed by atoms with van der Waals surface area (Å²) in [6, 6.07) is 14.6. The third-order valence-electron chi connectivity index (χ3n) is 5.51. The minimum absolute atomic E-state index is 0.140. The van der Waals surface area contributed by atoms with Gasteiger partial charge >= 0.3 is 5.63 Å². The van der Waals surface area contributed by atoms with Crippen molar-refractivity contribution in [2.75, 3.05) is 26.2 Å². The number of aryl methyl sites for hydroxylation is 1. The van der Waals surface area contributed by atoms with Crippen LogP contribution in [0.1, 0.15) is 23.6 Å². The highest BCUT2D eigenvalue weighted by atomic mass is 19.1. The van der Waals surface area contributed by atoms with Gasteiger partial charge in [0.15, 0.2) is 0 Å². The largest absolute Gasteiger partial charge is 0.423 e. The van der Waals surface area contributed by atoms with Gasteiger partial charge in [-0.15, -0.1) is 0 Å². The smallest absolute Gasteiger partial charge is 0.336 e. The van der Waals surface area contributed by atoms with E-state index in [0.29, 0.717) is 12.1 Å². The third-order valence-corrected chi connectivity index (χ3v) is 5.51. The zero-order chi connectivity index (χ0) is 19.5. The van der Waals surface area contributed by atoms with Crippen LogP contribution in [0, 0.1) is 5.82 Å². The summed E-state index contributed by atoms with van der Waals surface area (Å²) in [6.45, 7) is 7.03. The summed E-state index contributed by atoms with van der Waals surface area (Å²) < 4.78 is 19.2. The molecule has 0 spiro atoms. The highest BCUT2D eigenvalue weighted by molar-refractivity contribution is 5.80. The zero-order valence-corrected chi connectivity index (χ0v) is 16.2. The van der Waals surface area contributed by atoms with E-state index in [9.17, 15) is 9.18 Å². The Hall–Kier alpha value is -2.50. The standard InChI is InChI=1S/C23H25FN2O2/c1-2-17-7-8-22-20(13-17)19(14-23(27)28-22)16-26-11-9-25(10-12-26)15-18-5-3-4-6-21(18)24/h3-8,13-14H,2,9-12,15-16H2,1H3. The summed E-state index contributed by atoms with van der Waals surface area (Å²) in [7, 11) is 0. The van der Waals surface area contributed by atoms with Gasteiger partial charge in [0, 0.05) is 56.3 Å². The fourth-order valence-corrected chi connectivity index (χ4v) is 3.84. The summed E-state index contributed by atoms with van der Waals surface area (Å²) in [6.07, 6.45) is 0.948. The lowest BCUT2D eigenvalue weighted by Crippen LogP contribution is -2.45. The van der Waals surface area contributed by atoms with Gasteiger partial charge in [-0.2, -0.15) is 0 Å². The molecule has 1 aliphatic rings. The second kappa shape index (κ2) is 8.25. The maximum atomic E-state index is 13.9. The number of nitrogens with zero attached hydrogens (tertiary/aromatic N) is 2. The molecule has 0 aliphatic carbocycles. The van der Waals surface area contributed by atoms with Crippen molar-refractivity contribution in [1.82, 2.24) is 9.80 Å². The highest BCUT2D eigenvalue weighted by Crippen LogP contribution is 2.21. The summed E-state index contributed by atoms with van der Waals surface area (Å²) in [4.78, 5) is 16.6. The lowest BCUT2D eigenvalue weighted by atomic mass is 10.0. The molecule has 0 unspecified atom stereocenters. The third kappa shape index (κ3) is 4.16. The summed E-state index contributed by atoms with van der Waals surface area (Å²) in [5.41, 5.74) is 3.35. The van der Waals surface area contributed by atoms with E-state index in [2.05, 4.69) is 22.8 Å². The van der Waals surface area contributed by atoms with Gasteiger partial charge in [-0.05, 0) is 35.7 Å². The molecule has 0 saturated carbocycles. The van der Waals surface area contributed by atoms with Gasteiger partial charge in [0.1, 0.15) is 11.4 Å². The Morgan fingerprint density at radius 1 is 0.929 bits per heavy atom. The number of benzene rings is 2. The van der Waals surface area contributed by atoms with E-state index in [0.717, 1.165) is 55.7 Å². The van der Waals surface area contributed by atoms with Crippen molar-refractivity contribution in [3.8, 4) is 0 Å². The molecular formula is C23H25FN2O2. The van der Waals surface area contributed by atoms with Gasteiger partial charge in [0.05, 0.1) is 0 Å². The number of halogens is 1. The molecule has 4 nitrogen and oxygen atoms in total. The fourth-order valence-electron chi connectivity index (χ4n) is 3.84. The zero-order valence-electron chi connectivity index (χ0n) is 16.2. The molecule has 146 valence electrons. The Bertz CT molecular complexity index is 1020. The normalized spacial score (nSPS) is 15.9. The average molecular weight is 380 g/mol. The number of hydrogen-bond donors (Lipinski definition) is 0. The van der Waals surface area contributed by atoms with Crippen LogP contribution < -0.4 is 5.63 Å². The van der Waals surface area contributed by atoms with E-state index in [-0.39, 0.29) is 11.4 Å². The first-order valence-corrected chi connectivity index (χ1v) is 9.86. The molecule has 0 N–H and O–H groups in total. The van der Waals surface area contributed by atoms with E-state index >= 15 is 0 Å². The molecule has 28 heavy (non-hydrogen) atoms. The Kier molecular flexibility index (Phi) is 5.55. The van der Waals surface area contributed by atoms with Crippen LogP contribution in [0.3, 0.4) is 0 Å². The fraction of sp³-hybridized carbons (Fsp3) is 0.348. The maximum absolute atomic E-state index is 13.9. The second-order valence-corrected chi connectivity index (χ2v) is 7.42. The Morgan fingerprint density at radius 3 is 2.29 bits per heavy atom. The van der Waals surface area contributed by atoms with Gasteiger partial charge in [0.25, 0.3) is 0 Å². The molecule has 0 amide bonds. The number of fused-ring (bicyclic) bond motifs is 1. The van der Waals surface area contributed by atoms with Crippen molar-refractivity contribution in [2.45, 2.75) is 26.4 Å². The van der Waals surface area contributed by atoms with Crippen LogP contribution in [0.25, 0.3) is 11.0 Å². The van der Waals surface area contributed by atoms with E-state index in [1.165, 1.54) is 11.6 Å². The molecule has 2 aromatic carbocycles. The monoisotopic (exact) mass is 380 g/mol. The first kappa shape index (κ1) is 18.8. The van der Waals surface area contributed by atoms with Crippen molar-refractivity contribution in [3.05, 3.63) is 81.5 Å². The Balaban J connectivity index is 1.45. The number of piperazine rings is 1. The lowest BCUT2D eigenvalue weighted by Gasteiger charge is -2.34. The number of hydrogen-bond acceptors (Lipinski definition) is 4. The first-order valence-electron chi connectivity index (χ1n) is 9.86. The summed E-state index contributed by atoms with van der Waals surface area (Å²) >= 11 is 0. The van der Waals surface area contributed by atoms with Crippen LogP contribution in [0.5, 0.6) is 0 Å². The molecule has 1 aliphatic heterocycles. The van der Waals surface area contributed by atoms with Crippen molar-refractivity contribution in [3.63, 3.8) is 0 Å². The van der Waals surface area contributed by atoms with Crippen LogP contribution in [-0.2, 0) is 19.5 Å². The molecule has 1 saturated heterocycles. The number of rotatable bonds is 5. The molecule has 3 aromatic rings. The molecule has 2 heterocycles. The minimum atomic E-state index is -0.301. The molecular weight excluding hydrogens is 355 g/mol. The summed E-state index contributed by atoms with van der Waals surface area (Å²) in [5, 5.41) is 1.02. The molecule has 5 heteroatoms. The van der Waals surface area contributed by atoms with Crippen molar-refractivity contribution >= 4 is 11.0 Å². The predicted octanol–water partition coefficient (Wildman–Crippen LogP) is 3.81. The van der Waals surface area contributed by atoms with Gasteiger partial charge in [-0.25, -0.2) is 9.18 Å². The molecule has 0 atom stereocenters. The van der Waals surface area contributed by atoms with Crippen LogP contribution in [-0.4, -0.2) is 36.0 Å². The molecule has 0 bridgehead atoms. The molecule has 1 fully saturated rings. The van der Waals surface area contributed by atoms with Gasteiger partial charge in [-0.3, -0.25) is 9.80 Å². The van der Waals surface area contributed by atoms with Gasteiger partial charge < -0.3 is 4.42 Å².